The Kier molecular flexibility index (Phi) is 4.01. The third-order valence-electron chi connectivity index (χ3n) is 2.15. The van der Waals surface area contributed by atoms with Crippen LogP contribution in [0.2, 0.25) is 5.02 Å². The molecule has 100 valence electrons. The van der Waals surface area contributed by atoms with E-state index >= 15 is 0 Å². The predicted octanol–water partition coefficient (Wildman–Crippen LogP) is 5.31. The normalized spacial score (nSPS) is 11.4. The van der Waals surface area contributed by atoms with Crippen molar-refractivity contribution in [2.75, 3.05) is 0 Å². The van der Waals surface area contributed by atoms with Crippen molar-refractivity contribution in [3.05, 3.63) is 51.6 Å². The third kappa shape index (κ3) is 3.61. The van der Waals surface area contributed by atoms with Gasteiger partial charge in [0.2, 0.25) is 5.88 Å². The average Bonchev–Trinajstić information content (AvgIpc) is 2.32. The summed E-state index contributed by atoms with van der Waals surface area (Å²) in [5.74, 6) is 0.0655. The van der Waals surface area contributed by atoms with Gasteiger partial charge in [-0.25, -0.2) is 4.98 Å². The molecule has 7 heteroatoms. The summed E-state index contributed by atoms with van der Waals surface area (Å²) in [6.45, 7) is 0. The van der Waals surface area contributed by atoms with Gasteiger partial charge in [-0.1, -0.05) is 17.7 Å². The molecule has 1 aromatic heterocycles. The van der Waals surface area contributed by atoms with Gasteiger partial charge in [0.05, 0.1) is 5.56 Å². The average molecular weight is 353 g/mol. The molecule has 0 radical (unpaired) electrons. The molecule has 0 saturated heterocycles. The van der Waals surface area contributed by atoms with Gasteiger partial charge in [-0.3, -0.25) is 0 Å². The third-order valence-corrected chi connectivity index (χ3v) is 2.85. The van der Waals surface area contributed by atoms with Crippen molar-refractivity contribution in [1.29, 1.82) is 0 Å². The largest absolute Gasteiger partial charge is 0.438 e. The SMILES string of the molecule is FC(F)(F)c1cccc(Oc2ncc(Br)cc2Cl)c1. The van der Waals surface area contributed by atoms with Gasteiger partial charge in [0, 0.05) is 10.7 Å². The number of aromatic nitrogens is 1. The van der Waals surface area contributed by atoms with E-state index < -0.39 is 11.7 Å². The lowest BCUT2D eigenvalue weighted by molar-refractivity contribution is -0.137. The molecular weight excluding hydrogens is 346 g/mol. The highest BCUT2D eigenvalue weighted by Gasteiger charge is 2.30. The summed E-state index contributed by atoms with van der Waals surface area (Å²) in [7, 11) is 0. The van der Waals surface area contributed by atoms with Crippen LogP contribution in [0.25, 0.3) is 0 Å². The molecule has 0 atom stereocenters. The highest BCUT2D eigenvalue weighted by atomic mass is 79.9. The fraction of sp³-hybridized carbons (Fsp3) is 0.0833. The van der Waals surface area contributed by atoms with Gasteiger partial charge in [0.15, 0.2) is 0 Å². The number of benzene rings is 1. The van der Waals surface area contributed by atoms with E-state index in [-0.39, 0.29) is 16.7 Å². The number of nitrogens with zero attached hydrogens (tertiary/aromatic N) is 1. The number of alkyl halides is 3. The zero-order valence-corrected chi connectivity index (χ0v) is 11.6. The quantitative estimate of drug-likeness (QED) is 0.731. The number of rotatable bonds is 2. The summed E-state index contributed by atoms with van der Waals surface area (Å²) in [4.78, 5) is 3.88. The molecular formula is C12H6BrClF3NO. The summed E-state index contributed by atoms with van der Waals surface area (Å²) in [6.07, 6.45) is -2.98. The summed E-state index contributed by atoms with van der Waals surface area (Å²) in [5.41, 5.74) is -0.793. The lowest BCUT2D eigenvalue weighted by atomic mass is 10.2. The zero-order valence-electron chi connectivity index (χ0n) is 9.21. The first-order valence-corrected chi connectivity index (χ1v) is 6.19. The van der Waals surface area contributed by atoms with Crippen molar-refractivity contribution < 1.29 is 17.9 Å². The van der Waals surface area contributed by atoms with Crippen molar-refractivity contribution in [3.8, 4) is 11.6 Å². The fourth-order valence-corrected chi connectivity index (χ4v) is 1.99. The van der Waals surface area contributed by atoms with Gasteiger partial charge < -0.3 is 4.74 Å². The van der Waals surface area contributed by atoms with Crippen molar-refractivity contribution in [3.63, 3.8) is 0 Å². The Hall–Kier alpha value is -1.27. The van der Waals surface area contributed by atoms with Crippen molar-refractivity contribution >= 4 is 27.5 Å². The molecule has 0 saturated carbocycles. The second-order valence-electron chi connectivity index (χ2n) is 3.57. The van der Waals surface area contributed by atoms with Gasteiger partial charge >= 0.3 is 6.18 Å². The van der Waals surface area contributed by atoms with Crippen LogP contribution in [0.1, 0.15) is 5.56 Å². The minimum Gasteiger partial charge on any atom is -0.438 e. The van der Waals surface area contributed by atoms with Crippen molar-refractivity contribution in [1.82, 2.24) is 4.98 Å². The maximum Gasteiger partial charge on any atom is 0.416 e. The number of ether oxygens (including phenoxy) is 1. The van der Waals surface area contributed by atoms with E-state index in [1.54, 1.807) is 0 Å². The topological polar surface area (TPSA) is 22.1 Å². The molecule has 0 amide bonds. The number of halogens is 5. The second kappa shape index (κ2) is 5.38. The molecule has 0 aliphatic rings. The molecule has 2 nitrogen and oxygen atoms in total. The molecule has 1 aromatic carbocycles. The molecule has 0 spiro atoms. The minimum atomic E-state index is -4.42. The lowest BCUT2D eigenvalue weighted by Crippen LogP contribution is -2.04. The van der Waals surface area contributed by atoms with Crippen LogP contribution in [0.15, 0.2) is 41.0 Å². The van der Waals surface area contributed by atoms with Gasteiger partial charge in [-0.2, -0.15) is 13.2 Å². The molecule has 0 unspecified atom stereocenters. The molecule has 0 bridgehead atoms. The molecule has 0 aliphatic carbocycles. The standard InChI is InChI=1S/C12H6BrClF3NO/c13-8-5-10(14)11(18-6-8)19-9-3-1-2-7(4-9)12(15,16)17/h1-6H. The lowest BCUT2D eigenvalue weighted by Gasteiger charge is -2.10. The van der Waals surface area contributed by atoms with E-state index in [0.717, 1.165) is 12.1 Å². The Morgan fingerprint density at radius 2 is 1.95 bits per heavy atom. The maximum absolute atomic E-state index is 12.5. The number of hydrogen-bond acceptors (Lipinski definition) is 2. The Balaban J connectivity index is 2.29. The first-order valence-electron chi connectivity index (χ1n) is 5.02. The minimum absolute atomic E-state index is 0.0200. The van der Waals surface area contributed by atoms with Crippen LogP contribution >= 0.6 is 27.5 Å². The molecule has 2 rings (SSSR count). The smallest absolute Gasteiger partial charge is 0.416 e. The van der Waals surface area contributed by atoms with Crippen LogP contribution < -0.4 is 4.74 Å². The molecule has 0 fully saturated rings. The van der Waals surface area contributed by atoms with Gasteiger partial charge in [0.25, 0.3) is 0 Å². The molecule has 2 aromatic rings. The summed E-state index contributed by atoms with van der Waals surface area (Å²) < 4.78 is 43.5. The van der Waals surface area contributed by atoms with Crippen molar-refractivity contribution in [2.24, 2.45) is 0 Å². The number of hydrogen-bond donors (Lipinski definition) is 0. The van der Waals surface area contributed by atoms with Crippen LogP contribution in [0.3, 0.4) is 0 Å². The van der Waals surface area contributed by atoms with Crippen LogP contribution in [0.5, 0.6) is 11.6 Å². The van der Waals surface area contributed by atoms with E-state index in [9.17, 15) is 13.2 Å². The first-order chi connectivity index (χ1) is 8.86. The summed E-state index contributed by atoms with van der Waals surface area (Å²) >= 11 is 9.04. The Labute approximate surface area is 120 Å². The van der Waals surface area contributed by atoms with E-state index in [2.05, 4.69) is 20.9 Å². The first kappa shape index (κ1) is 14.1. The highest BCUT2D eigenvalue weighted by Crippen LogP contribution is 2.34. The summed E-state index contributed by atoms with van der Waals surface area (Å²) in [5, 5.41) is 0.201. The Morgan fingerprint density at radius 1 is 1.21 bits per heavy atom. The second-order valence-corrected chi connectivity index (χ2v) is 4.89. The van der Waals surface area contributed by atoms with Crippen LogP contribution in [0.4, 0.5) is 13.2 Å². The van der Waals surface area contributed by atoms with E-state index in [1.165, 1.54) is 24.4 Å². The molecule has 0 N–H and O–H groups in total. The molecule has 1 heterocycles. The molecule has 19 heavy (non-hydrogen) atoms. The fourth-order valence-electron chi connectivity index (χ4n) is 1.32. The van der Waals surface area contributed by atoms with E-state index in [1.807, 2.05) is 0 Å². The number of pyridine rings is 1. The molecule has 0 aliphatic heterocycles. The van der Waals surface area contributed by atoms with Gasteiger partial charge in [-0.05, 0) is 40.2 Å². The Morgan fingerprint density at radius 3 is 2.58 bits per heavy atom. The van der Waals surface area contributed by atoms with Crippen LogP contribution in [-0.4, -0.2) is 4.98 Å². The van der Waals surface area contributed by atoms with Gasteiger partial charge in [-0.15, -0.1) is 0 Å². The van der Waals surface area contributed by atoms with Gasteiger partial charge in [0.1, 0.15) is 10.8 Å². The van der Waals surface area contributed by atoms with Crippen LogP contribution in [-0.2, 0) is 6.18 Å². The maximum atomic E-state index is 12.5. The van der Waals surface area contributed by atoms with E-state index in [4.69, 9.17) is 16.3 Å². The van der Waals surface area contributed by atoms with Crippen molar-refractivity contribution in [2.45, 2.75) is 6.18 Å². The monoisotopic (exact) mass is 351 g/mol. The summed E-state index contributed by atoms with van der Waals surface area (Å²) in [6, 6.07) is 6.04. The highest BCUT2D eigenvalue weighted by molar-refractivity contribution is 9.10. The van der Waals surface area contributed by atoms with E-state index in [0.29, 0.717) is 4.47 Å². The Bertz CT molecular complexity index is 604. The van der Waals surface area contributed by atoms with Crippen LogP contribution in [0, 0.1) is 0 Å². The zero-order chi connectivity index (χ0) is 14.0. The predicted molar refractivity (Wildman–Crippen MR) is 68.5 cm³/mol.